The van der Waals surface area contributed by atoms with Gasteiger partial charge in [0.1, 0.15) is 0 Å². The zero-order valence-electron chi connectivity index (χ0n) is 13.6. The molecule has 0 heterocycles. The van der Waals surface area contributed by atoms with Crippen LogP contribution in [0.1, 0.15) is 45.7 Å². The number of rotatable bonds is 5. The molecule has 0 aliphatic rings. The fourth-order valence-electron chi connectivity index (χ4n) is 2.42. The molecule has 2 nitrogen and oxygen atoms in total. The first-order valence-electron chi connectivity index (χ1n) is 7.62. The fraction of sp³-hybridized carbons (Fsp3) is 0.300. The van der Waals surface area contributed by atoms with Gasteiger partial charge in [-0.1, -0.05) is 73.5 Å². The number of ketones is 2. The molecule has 0 saturated heterocycles. The maximum atomic E-state index is 12.5. The van der Waals surface area contributed by atoms with E-state index in [4.69, 9.17) is 0 Å². The number of benzene rings is 2. The predicted molar refractivity (Wildman–Crippen MR) is 89.3 cm³/mol. The highest BCUT2D eigenvalue weighted by molar-refractivity contribution is 6.04. The van der Waals surface area contributed by atoms with Crippen molar-refractivity contribution in [2.75, 3.05) is 0 Å². The molecule has 0 unspecified atom stereocenters. The third-order valence-electron chi connectivity index (χ3n) is 4.25. The van der Waals surface area contributed by atoms with Crippen molar-refractivity contribution in [1.82, 2.24) is 0 Å². The van der Waals surface area contributed by atoms with E-state index in [2.05, 4.69) is 0 Å². The van der Waals surface area contributed by atoms with Crippen LogP contribution in [0.3, 0.4) is 0 Å². The highest BCUT2D eigenvalue weighted by Gasteiger charge is 2.27. The predicted octanol–water partition coefficient (Wildman–Crippen LogP) is 4.64. The Labute approximate surface area is 132 Å². The molecule has 0 saturated carbocycles. The summed E-state index contributed by atoms with van der Waals surface area (Å²) in [4.78, 5) is 25.1. The van der Waals surface area contributed by atoms with Gasteiger partial charge in [-0.05, 0) is 13.8 Å². The van der Waals surface area contributed by atoms with Crippen LogP contribution in [0.2, 0.25) is 0 Å². The molecule has 2 aromatic rings. The SMILES string of the molecule is Cc1ccc(C(=O)[C@@H](C)[C@H](C)C(=O)c2ccc(C)cc2)cc1. The Kier molecular flexibility index (Phi) is 4.92. The summed E-state index contributed by atoms with van der Waals surface area (Å²) in [6.07, 6.45) is 0. The lowest BCUT2D eigenvalue weighted by molar-refractivity contribution is 0.0794. The Balaban J connectivity index is 2.15. The van der Waals surface area contributed by atoms with Crippen molar-refractivity contribution in [1.29, 1.82) is 0 Å². The second-order valence-corrected chi connectivity index (χ2v) is 6.04. The van der Waals surface area contributed by atoms with Gasteiger partial charge in [0.2, 0.25) is 0 Å². The van der Waals surface area contributed by atoms with Crippen LogP contribution in [-0.4, -0.2) is 11.6 Å². The largest absolute Gasteiger partial charge is 0.294 e. The average Bonchev–Trinajstić information content (AvgIpc) is 2.53. The van der Waals surface area contributed by atoms with E-state index in [-0.39, 0.29) is 23.4 Å². The quantitative estimate of drug-likeness (QED) is 0.753. The van der Waals surface area contributed by atoms with Crippen molar-refractivity contribution in [3.05, 3.63) is 70.8 Å². The van der Waals surface area contributed by atoms with Crippen LogP contribution in [0.15, 0.2) is 48.5 Å². The number of carbonyl (C=O) groups excluding carboxylic acids is 2. The molecule has 114 valence electrons. The van der Waals surface area contributed by atoms with Crippen LogP contribution >= 0.6 is 0 Å². The molecule has 0 aliphatic heterocycles. The van der Waals surface area contributed by atoms with E-state index >= 15 is 0 Å². The molecule has 0 fully saturated rings. The van der Waals surface area contributed by atoms with E-state index in [1.807, 2.05) is 76.2 Å². The maximum absolute atomic E-state index is 12.5. The lowest BCUT2D eigenvalue weighted by Crippen LogP contribution is -2.26. The first kappa shape index (κ1) is 16.2. The van der Waals surface area contributed by atoms with Gasteiger partial charge in [-0.3, -0.25) is 9.59 Å². The Hall–Kier alpha value is -2.22. The molecule has 0 aromatic heterocycles. The third-order valence-corrected chi connectivity index (χ3v) is 4.25. The van der Waals surface area contributed by atoms with Gasteiger partial charge >= 0.3 is 0 Å². The number of aryl methyl sites for hydroxylation is 2. The summed E-state index contributed by atoms with van der Waals surface area (Å²) >= 11 is 0. The van der Waals surface area contributed by atoms with Gasteiger partial charge in [0, 0.05) is 23.0 Å². The molecule has 22 heavy (non-hydrogen) atoms. The Morgan fingerprint density at radius 2 is 0.909 bits per heavy atom. The molecule has 0 bridgehead atoms. The normalized spacial score (nSPS) is 13.5. The summed E-state index contributed by atoms with van der Waals surface area (Å²) in [5, 5.41) is 0. The first-order chi connectivity index (χ1) is 10.4. The van der Waals surface area contributed by atoms with Crippen molar-refractivity contribution < 1.29 is 9.59 Å². The zero-order chi connectivity index (χ0) is 16.3. The van der Waals surface area contributed by atoms with E-state index < -0.39 is 0 Å². The van der Waals surface area contributed by atoms with Crippen molar-refractivity contribution >= 4 is 11.6 Å². The molecular formula is C20H22O2. The molecule has 0 radical (unpaired) electrons. The topological polar surface area (TPSA) is 34.1 Å². The van der Waals surface area contributed by atoms with Crippen LogP contribution in [0.5, 0.6) is 0 Å². The summed E-state index contributed by atoms with van der Waals surface area (Å²) in [5.74, 6) is -0.631. The van der Waals surface area contributed by atoms with E-state index in [0.29, 0.717) is 11.1 Å². The summed E-state index contributed by atoms with van der Waals surface area (Å²) < 4.78 is 0. The van der Waals surface area contributed by atoms with Crippen LogP contribution in [0.4, 0.5) is 0 Å². The van der Waals surface area contributed by atoms with Crippen LogP contribution in [0.25, 0.3) is 0 Å². The minimum atomic E-state index is -0.337. The average molecular weight is 294 g/mol. The second kappa shape index (κ2) is 6.69. The first-order valence-corrected chi connectivity index (χ1v) is 7.62. The number of Topliss-reactive ketones (excluding diaryl/α,β-unsaturated/α-hetero) is 2. The lowest BCUT2D eigenvalue weighted by Gasteiger charge is -2.18. The molecule has 2 atom stereocenters. The van der Waals surface area contributed by atoms with E-state index in [9.17, 15) is 9.59 Å². The Morgan fingerprint density at radius 3 is 1.18 bits per heavy atom. The Bertz CT molecular complexity index is 604. The molecule has 0 amide bonds. The van der Waals surface area contributed by atoms with Crippen LogP contribution in [-0.2, 0) is 0 Å². The molecule has 2 rings (SSSR count). The van der Waals surface area contributed by atoms with Gasteiger partial charge in [0.05, 0.1) is 0 Å². The lowest BCUT2D eigenvalue weighted by atomic mass is 9.83. The second-order valence-electron chi connectivity index (χ2n) is 6.04. The zero-order valence-corrected chi connectivity index (χ0v) is 13.6. The van der Waals surface area contributed by atoms with Gasteiger partial charge < -0.3 is 0 Å². The van der Waals surface area contributed by atoms with Gasteiger partial charge in [0.25, 0.3) is 0 Å². The van der Waals surface area contributed by atoms with Gasteiger partial charge in [0.15, 0.2) is 11.6 Å². The maximum Gasteiger partial charge on any atom is 0.166 e. The molecule has 2 heteroatoms. The molecule has 0 aliphatic carbocycles. The van der Waals surface area contributed by atoms with E-state index in [0.717, 1.165) is 11.1 Å². The van der Waals surface area contributed by atoms with Crippen molar-refractivity contribution in [2.24, 2.45) is 11.8 Å². The number of hydrogen-bond donors (Lipinski definition) is 0. The van der Waals surface area contributed by atoms with Crippen LogP contribution < -0.4 is 0 Å². The third kappa shape index (κ3) is 3.51. The smallest absolute Gasteiger partial charge is 0.166 e. The minimum absolute atomic E-state index is 0.0213. The minimum Gasteiger partial charge on any atom is -0.294 e. The van der Waals surface area contributed by atoms with Crippen LogP contribution in [0, 0.1) is 25.7 Å². The summed E-state index contributed by atoms with van der Waals surface area (Å²) in [5.41, 5.74) is 3.57. The monoisotopic (exact) mass is 294 g/mol. The number of hydrogen-bond acceptors (Lipinski definition) is 2. The molecule has 2 aromatic carbocycles. The highest BCUT2D eigenvalue weighted by atomic mass is 16.1. The van der Waals surface area contributed by atoms with E-state index in [1.54, 1.807) is 0 Å². The van der Waals surface area contributed by atoms with Gasteiger partial charge in [-0.25, -0.2) is 0 Å². The fourth-order valence-corrected chi connectivity index (χ4v) is 2.42. The summed E-state index contributed by atoms with van der Waals surface area (Å²) in [7, 11) is 0. The summed E-state index contributed by atoms with van der Waals surface area (Å²) in [6, 6.07) is 15.0. The highest BCUT2D eigenvalue weighted by Crippen LogP contribution is 2.22. The standard InChI is InChI=1S/C20H22O2/c1-13-5-9-17(10-6-13)19(21)15(3)16(4)20(22)18-11-7-14(2)8-12-18/h5-12,15-16H,1-4H3/t15-,16-/m0/s1. The summed E-state index contributed by atoms with van der Waals surface area (Å²) in [6.45, 7) is 7.64. The van der Waals surface area contributed by atoms with Crippen molar-refractivity contribution in [3.8, 4) is 0 Å². The van der Waals surface area contributed by atoms with E-state index in [1.165, 1.54) is 0 Å². The van der Waals surface area contributed by atoms with Crippen molar-refractivity contribution in [2.45, 2.75) is 27.7 Å². The molecular weight excluding hydrogens is 272 g/mol. The molecule has 0 N–H and O–H groups in total. The van der Waals surface area contributed by atoms with Gasteiger partial charge in [-0.15, -0.1) is 0 Å². The Morgan fingerprint density at radius 1 is 0.636 bits per heavy atom. The number of carbonyl (C=O) groups is 2. The van der Waals surface area contributed by atoms with Gasteiger partial charge in [-0.2, -0.15) is 0 Å². The molecule has 0 spiro atoms. The van der Waals surface area contributed by atoms with Crippen molar-refractivity contribution in [3.63, 3.8) is 0 Å².